The third-order valence-corrected chi connectivity index (χ3v) is 2.79. The Bertz CT molecular complexity index is 92.9. The van der Waals surface area contributed by atoms with Crippen LogP contribution in [-0.2, 0) is 0 Å². The van der Waals surface area contributed by atoms with E-state index in [4.69, 9.17) is 0 Å². The Morgan fingerprint density at radius 1 is 0.600 bits per heavy atom. The molecule has 0 radical (unpaired) electrons. The molecule has 0 rings (SSSR count). The van der Waals surface area contributed by atoms with Crippen molar-refractivity contribution in [2.75, 3.05) is 23.0 Å². The fourth-order valence-electron chi connectivity index (χ4n) is 0.547. The number of rotatable bonds is 4. The molecule has 0 fully saturated rings. The average molecular weight is 212 g/mol. The molecule has 0 saturated heterocycles. The molecule has 0 aliphatic rings. The van der Waals surface area contributed by atoms with Gasteiger partial charge < -0.3 is 0 Å². The Kier molecular flexibility index (Phi) is 7.60. The van der Waals surface area contributed by atoms with E-state index >= 15 is 0 Å². The van der Waals surface area contributed by atoms with Gasteiger partial charge in [0.15, 0.2) is 0 Å². The minimum absolute atomic E-state index is 0.764. The van der Waals surface area contributed by atoms with Crippen LogP contribution in [0.5, 0.6) is 0 Å². The van der Waals surface area contributed by atoms with Crippen molar-refractivity contribution in [1.29, 1.82) is 0 Å². The molecule has 0 atom stereocenters. The number of thiol groups is 4. The summed E-state index contributed by atoms with van der Waals surface area (Å²) in [4.78, 5) is 0. The Labute approximate surface area is 84.5 Å². The van der Waals surface area contributed by atoms with Crippen LogP contribution in [-0.4, -0.2) is 23.0 Å². The van der Waals surface area contributed by atoms with Crippen molar-refractivity contribution in [3.8, 4) is 0 Å². The van der Waals surface area contributed by atoms with Gasteiger partial charge in [-0.1, -0.05) is 11.1 Å². The summed E-state index contributed by atoms with van der Waals surface area (Å²) in [7, 11) is 0. The Balaban J connectivity index is 4.20. The van der Waals surface area contributed by atoms with Gasteiger partial charge in [-0.15, -0.1) is 0 Å². The Morgan fingerprint density at radius 2 is 0.800 bits per heavy atom. The van der Waals surface area contributed by atoms with E-state index in [2.05, 4.69) is 50.5 Å². The first kappa shape index (κ1) is 11.1. The summed E-state index contributed by atoms with van der Waals surface area (Å²) in [6, 6.07) is 0. The van der Waals surface area contributed by atoms with Gasteiger partial charge in [0.25, 0.3) is 0 Å². The van der Waals surface area contributed by atoms with E-state index in [1.807, 2.05) is 0 Å². The minimum Gasteiger partial charge on any atom is -0.175 e. The van der Waals surface area contributed by atoms with E-state index in [0.29, 0.717) is 0 Å². The summed E-state index contributed by atoms with van der Waals surface area (Å²) in [6.45, 7) is 0. The van der Waals surface area contributed by atoms with Crippen LogP contribution in [0.4, 0.5) is 0 Å². The van der Waals surface area contributed by atoms with Gasteiger partial charge in [0, 0.05) is 23.0 Å². The van der Waals surface area contributed by atoms with Crippen molar-refractivity contribution in [2.45, 2.75) is 0 Å². The summed E-state index contributed by atoms with van der Waals surface area (Å²) in [6.07, 6.45) is 0. The Hall–Kier alpha value is 1.14. The topological polar surface area (TPSA) is 0 Å². The first-order valence-corrected chi connectivity index (χ1v) is 5.46. The normalized spacial score (nSPS) is 9.60. The largest absolute Gasteiger partial charge is 0.175 e. The maximum absolute atomic E-state index is 4.17. The van der Waals surface area contributed by atoms with Crippen molar-refractivity contribution in [3.05, 3.63) is 11.1 Å². The molecule has 0 amide bonds. The molecule has 60 valence electrons. The zero-order chi connectivity index (χ0) is 7.98. The third-order valence-electron chi connectivity index (χ3n) is 1.26. The van der Waals surface area contributed by atoms with Crippen molar-refractivity contribution in [3.63, 3.8) is 0 Å². The van der Waals surface area contributed by atoms with E-state index < -0.39 is 0 Å². The summed E-state index contributed by atoms with van der Waals surface area (Å²) in [5.74, 6) is 3.06. The molecule has 0 unspecified atom stereocenters. The van der Waals surface area contributed by atoms with E-state index in [0.717, 1.165) is 23.0 Å². The summed E-state index contributed by atoms with van der Waals surface area (Å²) < 4.78 is 0. The molecule has 0 heterocycles. The molecule has 0 aliphatic heterocycles. The second-order valence-electron chi connectivity index (χ2n) is 1.84. The SMILES string of the molecule is SCC(CS)=C(CS)CS. The highest BCUT2D eigenvalue weighted by Crippen LogP contribution is 2.11. The van der Waals surface area contributed by atoms with E-state index in [9.17, 15) is 0 Å². The molecule has 0 aromatic carbocycles. The first-order valence-electron chi connectivity index (χ1n) is 2.93. The first-order chi connectivity index (χ1) is 4.79. The molecule has 0 bridgehead atoms. The maximum atomic E-state index is 4.17. The van der Waals surface area contributed by atoms with Crippen LogP contribution >= 0.6 is 50.5 Å². The lowest BCUT2D eigenvalue weighted by atomic mass is 10.2. The highest BCUT2D eigenvalue weighted by molar-refractivity contribution is 7.82. The molecule has 0 saturated carbocycles. The van der Waals surface area contributed by atoms with Gasteiger partial charge in [-0.05, 0) is 0 Å². The number of hydrogen-bond donors (Lipinski definition) is 4. The molecule has 0 aromatic heterocycles. The van der Waals surface area contributed by atoms with Crippen molar-refractivity contribution >= 4 is 50.5 Å². The smallest absolute Gasteiger partial charge is 0.0124 e. The Morgan fingerprint density at radius 3 is 0.900 bits per heavy atom. The second kappa shape index (κ2) is 6.83. The molecule has 0 aliphatic carbocycles. The lowest BCUT2D eigenvalue weighted by molar-refractivity contribution is 1.28. The van der Waals surface area contributed by atoms with Crippen LogP contribution in [0.25, 0.3) is 0 Å². The predicted molar refractivity (Wildman–Crippen MR) is 62.4 cm³/mol. The number of hydrogen-bond acceptors (Lipinski definition) is 4. The quantitative estimate of drug-likeness (QED) is 0.398. The fraction of sp³-hybridized carbons (Fsp3) is 0.667. The van der Waals surface area contributed by atoms with E-state index in [1.54, 1.807) is 0 Å². The second-order valence-corrected chi connectivity index (χ2v) is 3.10. The van der Waals surface area contributed by atoms with Crippen LogP contribution in [0.1, 0.15) is 0 Å². The van der Waals surface area contributed by atoms with Gasteiger partial charge in [0.2, 0.25) is 0 Å². The van der Waals surface area contributed by atoms with Gasteiger partial charge in [0.1, 0.15) is 0 Å². The zero-order valence-electron chi connectivity index (χ0n) is 5.62. The van der Waals surface area contributed by atoms with E-state index in [1.165, 1.54) is 11.1 Å². The lowest BCUT2D eigenvalue weighted by Crippen LogP contribution is -1.98. The molecular weight excluding hydrogens is 200 g/mol. The van der Waals surface area contributed by atoms with Gasteiger partial charge in [-0.2, -0.15) is 50.5 Å². The molecule has 10 heavy (non-hydrogen) atoms. The summed E-state index contributed by atoms with van der Waals surface area (Å²) in [5.41, 5.74) is 2.49. The van der Waals surface area contributed by atoms with E-state index in [-0.39, 0.29) is 0 Å². The standard InChI is InChI=1S/C6H12S4/c7-1-5(2-8)6(3-9)4-10/h7-10H,1-4H2. The van der Waals surface area contributed by atoms with Crippen molar-refractivity contribution < 1.29 is 0 Å². The summed E-state index contributed by atoms with van der Waals surface area (Å²) in [5, 5.41) is 0. The highest BCUT2D eigenvalue weighted by atomic mass is 32.1. The van der Waals surface area contributed by atoms with Gasteiger partial charge in [-0.3, -0.25) is 0 Å². The molecule has 4 heteroatoms. The van der Waals surface area contributed by atoms with Gasteiger partial charge in [-0.25, -0.2) is 0 Å². The van der Waals surface area contributed by atoms with Crippen LogP contribution in [0.15, 0.2) is 11.1 Å². The third kappa shape index (κ3) is 3.51. The predicted octanol–water partition coefficient (Wildman–Crippen LogP) is 2.00. The zero-order valence-corrected chi connectivity index (χ0v) is 9.19. The van der Waals surface area contributed by atoms with Crippen LogP contribution in [0.2, 0.25) is 0 Å². The molecule has 0 N–H and O–H groups in total. The van der Waals surface area contributed by atoms with Crippen LogP contribution in [0, 0.1) is 0 Å². The van der Waals surface area contributed by atoms with Crippen LogP contribution < -0.4 is 0 Å². The average Bonchev–Trinajstić information content (AvgIpc) is 2.00. The molecular formula is C6H12S4. The molecule has 0 aromatic rings. The van der Waals surface area contributed by atoms with Crippen LogP contribution in [0.3, 0.4) is 0 Å². The fourth-order valence-corrected chi connectivity index (χ4v) is 2.24. The van der Waals surface area contributed by atoms with Crippen molar-refractivity contribution in [2.24, 2.45) is 0 Å². The van der Waals surface area contributed by atoms with Gasteiger partial charge in [0.05, 0.1) is 0 Å². The highest BCUT2D eigenvalue weighted by Gasteiger charge is 1.99. The summed E-state index contributed by atoms with van der Waals surface area (Å²) >= 11 is 16.7. The monoisotopic (exact) mass is 212 g/mol. The minimum atomic E-state index is 0.764. The lowest BCUT2D eigenvalue weighted by Gasteiger charge is -2.06. The van der Waals surface area contributed by atoms with Gasteiger partial charge >= 0.3 is 0 Å². The molecule has 0 nitrogen and oxygen atoms in total. The molecule has 0 spiro atoms. The van der Waals surface area contributed by atoms with Crippen molar-refractivity contribution in [1.82, 2.24) is 0 Å². The maximum Gasteiger partial charge on any atom is 0.0124 e.